The molecule has 6 heteroatoms. The second-order valence-electron chi connectivity index (χ2n) is 4.40. The van der Waals surface area contributed by atoms with Crippen molar-refractivity contribution in [1.82, 2.24) is 9.97 Å². The Labute approximate surface area is 106 Å². The van der Waals surface area contributed by atoms with Gasteiger partial charge in [-0.3, -0.25) is 0 Å². The van der Waals surface area contributed by atoms with Crippen molar-refractivity contribution >= 4 is 11.8 Å². The molecule has 1 aliphatic heterocycles. The highest BCUT2D eigenvalue weighted by Crippen LogP contribution is 2.21. The molecule has 0 aliphatic carbocycles. The summed E-state index contributed by atoms with van der Waals surface area (Å²) < 4.78 is 5.13. The maximum absolute atomic E-state index is 11.7. The highest BCUT2D eigenvalue weighted by molar-refractivity contribution is 5.84. The summed E-state index contributed by atoms with van der Waals surface area (Å²) in [6.07, 6.45) is 7.66. The van der Waals surface area contributed by atoms with Crippen molar-refractivity contribution in [2.45, 2.75) is 19.4 Å². The van der Waals surface area contributed by atoms with Crippen LogP contribution in [0.1, 0.15) is 12.7 Å². The number of H-pyrrole nitrogens is 1. The zero-order valence-electron chi connectivity index (χ0n) is 10.8. The van der Waals surface area contributed by atoms with Gasteiger partial charge in [-0.05, 0) is 6.92 Å². The van der Waals surface area contributed by atoms with Gasteiger partial charge in [0.15, 0.2) is 6.04 Å². The minimum Gasteiger partial charge on any atom is -0.465 e. The van der Waals surface area contributed by atoms with Gasteiger partial charge in [0.1, 0.15) is 18.4 Å². The number of rotatable bonds is 4. The molecule has 0 saturated carbocycles. The Hall–Kier alpha value is -1.95. The molecule has 0 aromatic carbocycles. The molecular formula is C12H17N4O2+. The van der Waals surface area contributed by atoms with Crippen molar-refractivity contribution in [3.05, 3.63) is 30.6 Å². The molecule has 0 spiro atoms. The van der Waals surface area contributed by atoms with Crippen molar-refractivity contribution < 1.29 is 14.0 Å². The molecule has 0 amide bonds. The van der Waals surface area contributed by atoms with E-state index in [0.29, 0.717) is 10.9 Å². The van der Waals surface area contributed by atoms with Crippen molar-refractivity contribution in [3.63, 3.8) is 0 Å². The summed E-state index contributed by atoms with van der Waals surface area (Å²) >= 11 is 0. The van der Waals surface area contributed by atoms with E-state index in [2.05, 4.69) is 15.0 Å². The van der Waals surface area contributed by atoms with Crippen LogP contribution in [0, 0.1) is 0 Å². The smallest absolute Gasteiger partial charge is 0.365 e. The van der Waals surface area contributed by atoms with Gasteiger partial charge in [0.25, 0.3) is 0 Å². The van der Waals surface area contributed by atoms with Gasteiger partial charge in [-0.15, -0.1) is 0 Å². The van der Waals surface area contributed by atoms with E-state index in [1.165, 1.54) is 7.11 Å². The highest BCUT2D eigenvalue weighted by Gasteiger charge is 2.41. The quantitative estimate of drug-likeness (QED) is 0.635. The van der Waals surface area contributed by atoms with Gasteiger partial charge in [0, 0.05) is 12.4 Å². The van der Waals surface area contributed by atoms with E-state index in [1.807, 2.05) is 20.2 Å². The van der Waals surface area contributed by atoms with Crippen LogP contribution in [0.15, 0.2) is 29.8 Å². The van der Waals surface area contributed by atoms with E-state index in [4.69, 9.17) is 4.74 Å². The Morgan fingerprint density at radius 1 is 1.61 bits per heavy atom. The summed E-state index contributed by atoms with van der Waals surface area (Å²) in [4.78, 5) is 23.3. The first-order valence-corrected chi connectivity index (χ1v) is 5.75. The van der Waals surface area contributed by atoms with E-state index in [-0.39, 0.29) is 12.0 Å². The number of hydrogen-bond donors (Lipinski definition) is 1. The molecule has 0 fully saturated rings. The summed E-state index contributed by atoms with van der Waals surface area (Å²) in [5.41, 5.74) is 0. The first-order valence-electron chi connectivity index (χ1n) is 5.75. The first-order chi connectivity index (χ1) is 8.58. The zero-order valence-corrected chi connectivity index (χ0v) is 10.8. The van der Waals surface area contributed by atoms with Crippen LogP contribution in [0.25, 0.3) is 0 Å². The van der Waals surface area contributed by atoms with Crippen LogP contribution in [0.4, 0.5) is 0 Å². The van der Waals surface area contributed by atoms with Crippen molar-refractivity contribution in [2.24, 2.45) is 4.99 Å². The molecule has 2 atom stereocenters. The number of methoxy groups -OCH3 is 1. The largest absolute Gasteiger partial charge is 0.465 e. The average Bonchev–Trinajstić information content (AvgIpc) is 3.00. The van der Waals surface area contributed by atoms with Crippen molar-refractivity contribution in [1.29, 1.82) is 0 Å². The number of quaternary nitrogens is 1. The number of amidine groups is 1. The van der Waals surface area contributed by atoms with E-state index in [9.17, 15) is 4.79 Å². The number of aliphatic imine (C=N–C) groups is 1. The SMILES string of the molecule is COC(=O)C(C)[N+]1(C)C=CN=C1Cc1ncc[nH]1. The number of nitrogens with zero attached hydrogens (tertiary/aromatic N) is 3. The lowest BCUT2D eigenvalue weighted by atomic mass is 10.2. The summed E-state index contributed by atoms with van der Waals surface area (Å²) in [5, 5.41) is 0. The fourth-order valence-corrected chi connectivity index (χ4v) is 1.97. The number of likely N-dealkylation sites (N-methyl/N-ethyl adjacent to an activating group) is 1. The average molecular weight is 249 g/mol. The number of carbonyl (C=O) groups is 1. The number of imidazole rings is 1. The first kappa shape index (κ1) is 12.5. The van der Waals surface area contributed by atoms with Crippen molar-refractivity contribution in [3.8, 4) is 0 Å². The lowest BCUT2D eigenvalue weighted by Gasteiger charge is -2.31. The zero-order chi connectivity index (χ0) is 13.2. The second kappa shape index (κ2) is 4.73. The van der Waals surface area contributed by atoms with Gasteiger partial charge >= 0.3 is 5.97 Å². The summed E-state index contributed by atoms with van der Waals surface area (Å²) in [6.45, 7) is 1.83. The van der Waals surface area contributed by atoms with Crippen molar-refractivity contribution in [2.75, 3.05) is 14.2 Å². The van der Waals surface area contributed by atoms with E-state index < -0.39 is 0 Å². The number of hydrogen-bond acceptors (Lipinski definition) is 4. The molecule has 2 unspecified atom stereocenters. The van der Waals surface area contributed by atoms with Gasteiger partial charge in [-0.25, -0.2) is 19.3 Å². The van der Waals surface area contributed by atoms with E-state index in [1.54, 1.807) is 18.6 Å². The second-order valence-corrected chi connectivity index (χ2v) is 4.40. The number of aromatic amines is 1. The molecule has 0 saturated heterocycles. The summed E-state index contributed by atoms with van der Waals surface area (Å²) in [6, 6.07) is -0.331. The molecule has 2 rings (SSSR count). The molecular weight excluding hydrogens is 232 g/mol. The van der Waals surface area contributed by atoms with Gasteiger partial charge < -0.3 is 9.72 Å². The minimum atomic E-state index is -0.331. The Bertz CT molecular complexity index is 492. The number of esters is 1. The molecule has 0 bridgehead atoms. The summed E-state index contributed by atoms with van der Waals surface area (Å²) in [7, 11) is 3.33. The third-order valence-corrected chi connectivity index (χ3v) is 3.38. The molecule has 1 aromatic rings. The fourth-order valence-electron chi connectivity index (χ4n) is 1.97. The van der Waals surface area contributed by atoms with Gasteiger partial charge in [0.05, 0.1) is 20.4 Å². The topological polar surface area (TPSA) is 67.3 Å². The molecule has 6 nitrogen and oxygen atoms in total. The molecule has 2 heterocycles. The Kier molecular flexibility index (Phi) is 3.29. The predicted octanol–water partition coefficient (Wildman–Crippen LogP) is 0.844. The lowest BCUT2D eigenvalue weighted by Crippen LogP contribution is -2.54. The Morgan fingerprint density at radius 2 is 2.39 bits per heavy atom. The molecule has 18 heavy (non-hydrogen) atoms. The maximum atomic E-state index is 11.7. The summed E-state index contributed by atoms with van der Waals surface area (Å²) in [5.74, 6) is 1.44. The number of aromatic nitrogens is 2. The third kappa shape index (κ3) is 2.06. The Balaban J connectivity index is 2.19. The maximum Gasteiger partial charge on any atom is 0.365 e. The highest BCUT2D eigenvalue weighted by atomic mass is 16.5. The van der Waals surface area contributed by atoms with E-state index in [0.717, 1.165) is 11.7 Å². The molecule has 1 aliphatic rings. The van der Waals surface area contributed by atoms with Gasteiger partial charge in [0.2, 0.25) is 5.84 Å². The molecule has 0 radical (unpaired) electrons. The van der Waals surface area contributed by atoms with Crippen LogP contribution in [-0.4, -0.2) is 46.5 Å². The third-order valence-electron chi connectivity index (χ3n) is 3.38. The molecule has 1 N–H and O–H groups in total. The van der Waals surface area contributed by atoms with Crippen LogP contribution in [0.3, 0.4) is 0 Å². The lowest BCUT2D eigenvalue weighted by molar-refractivity contribution is -0.782. The van der Waals surface area contributed by atoms with Crippen LogP contribution in [0.2, 0.25) is 0 Å². The standard InChI is InChI=1S/C12H17N4O2/c1-9(12(17)18-3)16(2)7-6-15-11(16)8-10-13-4-5-14-10/h4-7,9H,8H2,1-3H3,(H,13,14)/q+1. The number of carbonyl (C=O) groups excluding carboxylic acids is 1. The monoisotopic (exact) mass is 249 g/mol. The van der Waals surface area contributed by atoms with Crippen LogP contribution >= 0.6 is 0 Å². The van der Waals surface area contributed by atoms with Gasteiger partial charge in [-0.1, -0.05) is 0 Å². The van der Waals surface area contributed by atoms with Crippen LogP contribution in [-0.2, 0) is 16.0 Å². The molecule has 1 aromatic heterocycles. The Morgan fingerprint density at radius 3 is 3.00 bits per heavy atom. The number of ether oxygens (including phenoxy) is 1. The van der Waals surface area contributed by atoms with Crippen LogP contribution < -0.4 is 0 Å². The minimum absolute atomic E-state index is 0.254. The number of nitrogens with one attached hydrogen (secondary N) is 1. The molecule has 96 valence electrons. The van der Waals surface area contributed by atoms with Gasteiger partial charge in [-0.2, -0.15) is 0 Å². The van der Waals surface area contributed by atoms with Crippen LogP contribution in [0.5, 0.6) is 0 Å². The normalized spacial score (nSPS) is 23.8. The predicted molar refractivity (Wildman–Crippen MR) is 66.5 cm³/mol. The van der Waals surface area contributed by atoms with E-state index >= 15 is 0 Å². The fraction of sp³-hybridized carbons (Fsp3) is 0.417.